The summed E-state index contributed by atoms with van der Waals surface area (Å²) in [7, 11) is 0. The maximum absolute atomic E-state index is 4.20. The molecule has 0 saturated heterocycles. The van der Waals surface area contributed by atoms with E-state index in [1.165, 1.54) is 44.9 Å². The Morgan fingerprint density at radius 2 is 2.05 bits per heavy atom. The van der Waals surface area contributed by atoms with Crippen LogP contribution in [0.1, 0.15) is 57.7 Å². The van der Waals surface area contributed by atoms with Crippen LogP contribution in [0.25, 0.3) is 0 Å². The van der Waals surface area contributed by atoms with E-state index in [2.05, 4.69) is 27.0 Å². The molecule has 0 amide bonds. The molecule has 3 unspecified atom stereocenters. The fraction of sp³-hybridized carbons (Fsp3) is 0.867. The Morgan fingerprint density at radius 1 is 1.21 bits per heavy atom. The number of nitrogens with one attached hydrogen (secondary N) is 1. The summed E-state index contributed by atoms with van der Waals surface area (Å²) in [5.41, 5.74) is 0. The van der Waals surface area contributed by atoms with Gasteiger partial charge < -0.3 is 9.88 Å². The summed E-state index contributed by atoms with van der Waals surface area (Å²) in [6, 6.07) is 0.696. The Morgan fingerprint density at radius 3 is 2.89 bits per heavy atom. The molecule has 0 aliphatic heterocycles. The highest BCUT2D eigenvalue weighted by Crippen LogP contribution is 2.40. The van der Waals surface area contributed by atoms with Gasteiger partial charge >= 0.3 is 0 Å². The molecule has 1 aromatic rings. The van der Waals surface area contributed by atoms with Gasteiger partial charge in [-0.05, 0) is 38.0 Å². The average Bonchev–Trinajstić information content (AvgIpc) is 2.92. The zero-order valence-electron chi connectivity index (χ0n) is 12.0. The van der Waals surface area contributed by atoms with Gasteiger partial charge in [-0.2, -0.15) is 0 Å². The van der Waals surface area contributed by atoms with Crippen molar-refractivity contribution in [3.8, 4) is 0 Å². The minimum Gasteiger partial charge on any atom is -0.317 e. The van der Waals surface area contributed by atoms with E-state index in [-0.39, 0.29) is 0 Å². The quantitative estimate of drug-likeness (QED) is 0.907. The lowest BCUT2D eigenvalue weighted by Crippen LogP contribution is -2.38. The Bertz CT molecular complexity index is 401. The van der Waals surface area contributed by atoms with Crippen molar-refractivity contribution >= 4 is 0 Å². The van der Waals surface area contributed by atoms with Crippen LogP contribution in [0.5, 0.6) is 0 Å². The number of hydrogen-bond acceptors (Lipinski definition) is 3. The van der Waals surface area contributed by atoms with E-state index in [4.69, 9.17) is 0 Å². The van der Waals surface area contributed by atoms with Crippen LogP contribution in [0, 0.1) is 11.8 Å². The minimum absolute atomic E-state index is 0.696. The molecule has 106 valence electrons. The molecule has 0 aromatic carbocycles. The first-order valence-electron chi connectivity index (χ1n) is 7.97. The summed E-state index contributed by atoms with van der Waals surface area (Å²) in [4.78, 5) is 0. The third kappa shape index (κ3) is 2.99. The van der Waals surface area contributed by atoms with Crippen LogP contribution < -0.4 is 5.32 Å². The lowest BCUT2D eigenvalue weighted by Gasteiger charge is -2.39. The van der Waals surface area contributed by atoms with Gasteiger partial charge in [0.2, 0.25) is 0 Å². The van der Waals surface area contributed by atoms with Crippen molar-refractivity contribution in [2.75, 3.05) is 0 Å². The van der Waals surface area contributed by atoms with Crippen molar-refractivity contribution in [1.29, 1.82) is 0 Å². The van der Waals surface area contributed by atoms with E-state index < -0.39 is 0 Å². The van der Waals surface area contributed by atoms with Crippen LogP contribution in [-0.2, 0) is 13.1 Å². The third-order valence-corrected chi connectivity index (χ3v) is 5.12. The van der Waals surface area contributed by atoms with Crippen molar-refractivity contribution in [2.24, 2.45) is 11.8 Å². The van der Waals surface area contributed by atoms with Gasteiger partial charge in [0.15, 0.2) is 0 Å². The van der Waals surface area contributed by atoms with E-state index in [9.17, 15) is 0 Å². The van der Waals surface area contributed by atoms with Crippen LogP contribution >= 0.6 is 0 Å². The second-order valence-corrected chi connectivity index (χ2v) is 6.23. The molecular formula is C15H26N4. The third-order valence-electron chi connectivity index (χ3n) is 5.12. The van der Waals surface area contributed by atoms with E-state index in [1.54, 1.807) is 0 Å². The lowest BCUT2D eigenvalue weighted by atomic mass is 9.69. The number of nitrogens with zero attached hydrogens (tertiary/aromatic N) is 3. The summed E-state index contributed by atoms with van der Waals surface area (Å²) in [6.07, 6.45) is 11.9. The van der Waals surface area contributed by atoms with E-state index in [0.717, 1.165) is 30.7 Å². The Labute approximate surface area is 116 Å². The Balaban J connectivity index is 1.51. The monoisotopic (exact) mass is 262 g/mol. The van der Waals surface area contributed by atoms with Crippen molar-refractivity contribution in [2.45, 2.75) is 71.0 Å². The minimum atomic E-state index is 0.696. The number of rotatable bonds is 4. The van der Waals surface area contributed by atoms with Gasteiger partial charge in [0.05, 0.1) is 6.54 Å². The summed E-state index contributed by atoms with van der Waals surface area (Å²) in [6.45, 7) is 3.97. The Hall–Kier alpha value is -0.900. The van der Waals surface area contributed by atoms with Gasteiger partial charge in [0.25, 0.3) is 0 Å². The number of hydrogen-bond donors (Lipinski definition) is 1. The molecule has 2 aliphatic rings. The molecule has 2 saturated carbocycles. The van der Waals surface area contributed by atoms with Gasteiger partial charge in [-0.15, -0.1) is 10.2 Å². The molecular weight excluding hydrogens is 236 g/mol. The summed E-state index contributed by atoms with van der Waals surface area (Å²) in [5.74, 6) is 3.10. The maximum atomic E-state index is 4.20. The van der Waals surface area contributed by atoms with Crippen molar-refractivity contribution in [3.63, 3.8) is 0 Å². The highest BCUT2D eigenvalue weighted by molar-refractivity contribution is 4.89. The lowest BCUT2D eigenvalue weighted by molar-refractivity contribution is 0.143. The Kier molecular flexibility index (Phi) is 4.16. The van der Waals surface area contributed by atoms with Crippen LogP contribution in [-0.4, -0.2) is 20.8 Å². The highest BCUT2D eigenvalue weighted by atomic mass is 15.3. The zero-order chi connectivity index (χ0) is 13.1. The molecule has 0 radical (unpaired) electrons. The van der Waals surface area contributed by atoms with Gasteiger partial charge in [-0.1, -0.05) is 25.7 Å². The first-order valence-corrected chi connectivity index (χ1v) is 7.97. The SMILES string of the molecule is CCn1cnnc1CNC1CCC2CCCCC2C1. The van der Waals surface area contributed by atoms with E-state index in [0.29, 0.717) is 6.04 Å². The predicted octanol–water partition coefficient (Wildman–Crippen LogP) is 2.75. The molecule has 3 atom stereocenters. The van der Waals surface area contributed by atoms with Gasteiger partial charge in [0.1, 0.15) is 12.2 Å². The van der Waals surface area contributed by atoms with Crippen LogP contribution in [0.3, 0.4) is 0 Å². The molecule has 4 nitrogen and oxygen atoms in total. The zero-order valence-corrected chi connectivity index (χ0v) is 12.0. The molecule has 2 aliphatic carbocycles. The topological polar surface area (TPSA) is 42.7 Å². The van der Waals surface area contributed by atoms with Crippen molar-refractivity contribution in [1.82, 2.24) is 20.1 Å². The van der Waals surface area contributed by atoms with Crippen LogP contribution in [0.2, 0.25) is 0 Å². The first kappa shape index (κ1) is 13.1. The molecule has 0 bridgehead atoms. The average molecular weight is 262 g/mol. The molecule has 1 heterocycles. The molecule has 1 aromatic heterocycles. The first-order chi connectivity index (χ1) is 9.36. The summed E-state index contributed by atoms with van der Waals surface area (Å²) < 4.78 is 2.12. The van der Waals surface area contributed by atoms with Crippen LogP contribution in [0.4, 0.5) is 0 Å². The van der Waals surface area contributed by atoms with Gasteiger partial charge in [0, 0.05) is 12.6 Å². The largest absolute Gasteiger partial charge is 0.317 e. The standard InChI is InChI=1S/C15H26N4/c1-2-19-11-17-18-15(19)10-16-14-8-7-12-5-3-4-6-13(12)9-14/h11-14,16H,2-10H2,1H3. The smallest absolute Gasteiger partial charge is 0.146 e. The number of fused-ring (bicyclic) bond motifs is 1. The predicted molar refractivity (Wildman–Crippen MR) is 75.6 cm³/mol. The number of aryl methyl sites for hydroxylation is 1. The molecule has 4 heteroatoms. The van der Waals surface area contributed by atoms with E-state index >= 15 is 0 Å². The molecule has 3 rings (SSSR count). The summed E-state index contributed by atoms with van der Waals surface area (Å²) >= 11 is 0. The molecule has 2 fully saturated rings. The van der Waals surface area contributed by atoms with Crippen molar-refractivity contribution in [3.05, 3.63) is 12.2 Å². The van der Waals surface area contributed by atoms with Crippen LogP contribution in [0.15, 0.2) is 6.33 Å². The van der Waals surface area contributed by atoms with Gasteiger partial charge in [-0.3, -0.25) is 0 Å². The van der Waals surface area contributed by atoms with Gasteiger partial charge in [-0.25, -0.2) is 0 Å². The second kappa shape index (κ2) is 6.04. The second-order valence-electron chi connectivity index (χ2n) is 6.23. The molecule has 19 heavy (non-hydrogen) atoms. The van der Waals surface area contributed by atoms with E-state index in [1.807, 2.05) is 6.33 Å². The fourth-order valence-electron chi connectivity index (χ4n) is 3.97. The summed E-state index contributed by atoms with van der Waals surface area (Å²) in [5, 5.41) is 11.9. The normalized spacial score (nSPS) is 31.1. The molecule has 1 N–H and O–H groups in total. The number of aromatic nitrogens is 3. The maximum Gasteiger partial charge on any atom is 0.146 e. The van der Waals surface area contributed by atoms with Crippen molar-refractivity contribution < 1.29 is 0 Å². The highest BCUT2D eigenvalue weighted by Gasteiger charge is 2.31. The fourth-order valence-corrected chi connectivity index (χ4v) is 3.97. The molecule has 0 spiro atoms.